The Bertz CT molecular complexity index is 809. The Morgan fingerprint density at radius 3 is 2.57 bits per heavy atom. The average Bonchev–Trinajstić information content (AvgIpc) is 2.51. The van der Waals surface area contributed by atoms with E-state index in [4.69, 9.17) is 33.7 Å². The molecule has 0 aliphatic carbocycles. The van der Waals surface area contributed by atoms with Crippen LogP contribution in [0.4, 0.5) is 17.2 Å². The molecule has 2 heterocycles. The van der Waals surface area contributed by atoms with Crippen molar-refractivity contribution in [2.75, 3.05) is 11.1 Å². The van der Waals surface area contributed by atoms with Crippen LogP contribution in [0, 0.1) is 0 Å². The van der Waals surface area contributed by atoms with E-state index in [2.05, 4.69) is 20.3 Å². The molecule has 3 aromatic rings. The van der Waals surface area contributed by atoms with Crippen LogP contribution < -0.4 is 15.8 Å². The molecule has 0 spiro atoms. The summed E-state index contributed by atoms with van der Waals surface area (Å²) in [7, 11) is 0. The van der Waals surface area contributed by atoms with Crippen LogP contribution in [0.5, 0.6) is 11.6 Å². The van der Waals surface area contributed by atoms with Gasteiger partial charge in [-0.05, 0) is 30.3 Å². The Balaban J connectivity index is 1.87. The Hall–Kier alpha value is -2.57. The molecule has 0 fully saturated rings. The molecule has 116 valence electrons. The van der Waals surface area contributed by atoms with Gasteiger partial charge in [-0.3, -0.25) is 4.98 Å². The van der Waals surface area contributed by atoms with Gasteiger partial charge in [0.2, 0.25) is 5.88 Å². The largest absolute Gasteiger partial charge is 0.435 e. The third-order valence-electron chi connectivity index (χ3n) is 2.82. The quantitative estimate of drug-likeness (QED) is 0.731. The maximum Gasteiger partial charge on any atom is 0.248 e. The molecule has 1 aromatic carbocycles. The average molecular weight is 348 g/mol. The summed E-state index contributed by atoms with van der Waals surface area (Å²) in [4.78, 5) is 12.1. The Kier molecular flexibility index (Phi) is 4.45. The lowest BCUT2D eigenvalue weighted by Gasteiger charge is -2.12. The highest BCUT2D eigenvalue weighted by molar-refractivity contribution is 6.35. The van der Waals surface area contributed by atoms with Crippen LogP contribution in [-0.4, -0.2) is 15.0 Å². The van der Waals surface area contributed by atoms with Gasteiger partial charge in [-0.15, -0.1) is 0 Å². The van der Waals surface area contributed by atoms with E-state index in [-0.39, 0.29) is 11.6 Å². The van der Waals surface area contributed by atoms with E-state index in [0.29, 0.717) is 27.3 Å². The second kappa shape index (κ2) is 6.68. The Morgan fingerprint density at radius 2 is 1.87 bits per heavy atom. The van der Waals surface area contributed by atoms with Crippen LogP contribution >= 0.6 is 23.2 Å². The van der Waals surface area contributed by atoms with E-state index >= 15 is 0 Å². The number of nitrogen functional groups attached to an aromatic ring is 1. The van der Waals surface area contributed by atoms with Gasteiger partial charge in [0.1, 0.15) is 17.8 Å². The predicted molar refractivity (Wildman–Crippen MR) is 90.5 cm³/mol. The van der Waals surface area contributed by atoms with Crippen LogP contribution in [0.25, 0.3) is 0 Å². The van der Waals surface area contributed by atoms with Gasteiger partial charge < -0.3 is 15.8 Å². The molecule has 8 heteroatoms. The molecule has 6 nitrogen and oxygen atoms in total. The summed E-state index contributed by atoms with van der Waals surface area (Å²) in [5, 5.41) is 4.04. The molecule has 0 radical (unpaired) electrons. The SMILES string of the molecule is Nc1c(Nc2cc(Cl)cc(Cl)c2)ncnc1Oc1cccnc1. The summed E-state index contributed by atoms with van der Waals surface area (Å²) in [5.41, 5.74) is 6.97. The van der Waals surface area contributed by atoms with Crippen LogP contribution in [0.3, 0.4) is 0 Å². The van der Waals surface area contributed by atoms with Crippen molar-refractivity contribution in [2.45, 2.75) is 0 Å². The van der Waals surface area contributed by atoms with Crippen molar-refractivity contribution in [2.24, 2.45) is 0 Å². The maximum atomic E-state index is 6.06. The number of halogens is 2. The lowest BCUT2D eigenvalue weighted by atomic mass is 10.3. The lowest BCUT2D eigenvalue weighted by Crippen LogP contribution is -2.03. The molecule has 3 rings (SSSR count). The zero-order chi connectivity index (χ0) is 16.2. The monoisotopic (exact) mass is 347 g/mol. The summed E-state index contributed by atoms with van der Waals surface area (Å²) in [6.07, 6.45) is 4.55. The minimum Gasteiger partial charge on any atom is -0.435 e. The minimum atomic E-state index is 0.226. The number of hydrogen-bond acceptors (Lipinski definition) is 6. The highest BCUT2D eigenvalue weighted by Gasteiger charge is 2.11. The molecule has 0 bridgehead atoms. The fraction of sp³-hybridized carbons (Fsp3) is 0. The van der Waals surface area contributed by atoms with Crippen LogP contribution in [0.1, 0.15) is 0 Å². The molecular formula is C15H11Cl2N5O. The van der Waals surface area contributed by atoms with Gasteiger partial charge in [0.05, 0.1) is 6.20 Å². The first-order chi connectivity index (χ1) is 11.1. The van der Waals surface area contributed by atoms with Crippen molar-refractivity contribution in [3.63, 3.8) is 0 Å². The van der Waals surface area contributed by atoms with Gasteiger partial charge in [0, 0.05) is 21.9 Å². The van der Waals surface area contributed by atoms with Gasteiger partial charge >= 0.3 is 0 Å². The number of nitrogens with two attached hydrogens (primary N) is 1. The van der Waals surface area contributed by atoms with Crippen molar-refractivity contribution in [3.05, 3.63) is 59.1 Å². The Morgan fingerprint density at radius 1 is 1.09 bits per heavy atom. The van der Waals surface area contributed by atoms with Gasteiger partial charge in [-0.2, -0.15) is 4.98 Å². The zero-order valence-electron chi connectivity index (χ0n) is 11.7. The second-order valence-corrected chi connectivity index (χ2v) is 5.39. The van der Waals surface area contributed by atoms with Gasteiger partial charge in [0.15, 0.2) is 5.82 Å². The molecule has 3 N–H and O–H groups in total. The first-order valence-corrected chi connectivity index (χ1v) is 7.29. The van der Waals surface area contributed by atoms with E-state index in [1.807, 2.05) is 0 Å². The molecule has 0 saturated carbocycles. The highest BCUT2D eigenvalue weighted by Crippen LogP contribution is 2.32. The van der Waals surface area contributed by atoms with E-state index in [0.717, 1.165) is 0 Å². The summed E-state index contributed by atoms with van der Waals surface area (Å²) in [5.74, 6) is 1.13. The number of nitrogens with one attached hydrogen (secondary N) is 1. The predicted octanol–water partition coefficient (Wildman–Crippen LogP) is 4.30. The summed E-state index contributed by atoms with van der Waals surface area (Å²) >= 11 is 11.9. The fourth-order valence-electron chi connectivity index (χ4n) is 1.84. The second-order valence-electron chi connectivity index (χ2n) is 4.52. The van der Waals surface area contributed by atoms with Crippen molar-refractivity contribution < 1.29 is 4.74 Å². The molecule has 0 aliphatic heterocycles. The molecule has 0 saturated heterocycles. The fourth-order valence-corrected chi connectivity index (χ4v) is 2.37. The van der Waals surface area contributed by atoms with Crippen LogP contribution in [0.15, 0.2) is 49.1 Å². The number of aromatic nitrogens is 3. The van der Waals surface area contributed by atoms with Crippen LogP contribution in [-0.2, 0) is 0 Å². The van der Waals surface area contributed by atoms with Crippen molar-refractivity contribution >= 4 is 40.4 Å². The molecule has 0 atom stereocenters. The third-order valence-corrected chi connectivity index (χ3v) is 3.26. The first kappa shape index (κ1) is 15.3. The molecule has 2 aromatic heterocycles. The minimum absolute atomic E-state index is 0.226. The number of pyridine rings is 1. The third kappa shape index (κ3) is 3.80. The van der Waals surface area contributed by atoms with E-state index < -0.39 is 0 Å². The lowest BCUT2D eigenvalue weighted by molar-refractivity contribution is 0.462. The topological polar surface area (TPSA) is 86.0 Å². The highest BCUT2D eigenvalue weighted by atomic mass is 35.5. The first-order valence-electron chi connectivity index (χ1n) is 6.53. The summed E-state index contributed by atoms with van der Waals surface area (Å²) < 4.78 is 5.60. The smallest absolute Gasteiger partial charge is 0.248 e. The number of hydrogen-bond donors (Lipinski definition) is 2. The Labute approximate surface area is 142 Å². The molecular weight excluding hydrogens is 337 g/mol. The number of benzene rings is 1. The van der Waals surface area contributed by atoms with E-state index in [1.165, 1.54) is 6.33 Å². The van der Waals surface area contributed by atoms with Crippen LogP contribution in [0.2, 0.25) is 10.0 Å². The zero-order valence-corrected chi connectivity index (χ0v) is 13.2. The van der Waals surface area contributed by atoms with Gasteiger partial charge in [0.25, 0.3) is 0 Å². The number of rotatable bonds is 4. The van der Waals surface area contributed by atoms with Crippen molar-refractivity contribution in [3.8, 4) is 11.6 Å². The number of ether oxygens (including phenoxy) is 1. The van der Waals surface area contributed by atoms with Crippen molar-refractivity contribution in [1.82, 2.24) is 15.0 Å². The van der Waals surface area contributed by atoms with E-state index in [1.54, 1.807) is 42.7 Å². The van der Waals surface area contributed by atoms with Gasteiger partial charge in [-0.1, -0.05) is 23.2 Å². The standard InChI is InChI=1S/C15H11Cl2N5O/c16-9-4-10(17)6-11(5-9)22-14-13(18)15(21-8-20-14)23-12-2-1-3-19-7-12/h1-8H,18H2,(H,20,21,22). The molecule has 0 amide bonds. The normalized spacial score (nSPS) is 10.3. The summed E-state index contributed by atoms with van der Waals surface area (Å²) in [6.45, 7) is 0. The molecule has 0 unspecified atom stereocenters. The summed E-state index contributed by atoms with van der Waals surface area (Å²) in [6, 6.07) is 8.54. The molecule has 23 heavy (non-hydrogen) atoms. The molecule has 0 aliphatic rings. The number of anilines is 3. The van der Waals surface area contributed by atoms with E-state index in [9.17, 15) is 0 Å². The number of nitrogens with zero attached hydrogens (tertiary/aromatic N) is 3. The maximum absolute atomic E-state index is 6.06. The van der Waals surface area contributed by atoms with Gasteiger partial charge in [-0.25, -0.2) is 4.98 Å². The van der Waals surface area contributed by atoms with Crippen molar-refractivity contribution in [1.29, 1.82) is 0 Å².